The number of anilines is 1. The Labute approximate surface area is 200 Å². The van der Waals surface area contributed by atoms with Gasteiger partial charge in [0.05, 0.1) is 25.6 Å². The minimum atomic E-state index is -3.62. The van der Waals surface area contributed by atoms with Gasteiger partial charge in [-0.3, -0.25) is 9.10 Å². The van der Waals surface area contributed by atoms with E-state index in [2.05, 4.69) is 12.2 Å². The van der Waals surface area contributed by atoms with Crippen LogP contribution < -0.4 is 14.4 Å². The van der Waals surface area contributed by atoms with E-state index in [1.54, 1.807) is 42.5 Å². The van der Waals surface area contributed by atoms with Crippen molar-refractivity contribution in [2.75, 3.05) is 24.2 Å². The minimum Gasteiger partial charge on any atom is -0.495 e. The standard InChI is InChI=1S/C25H27ClN2O4S/c1-18(20-7-5-4-6-8-20)16-27-25(29)21-11-9-19(10-12-21)17-28(33(3,30)31)23-15-22(26)13-14-24(23)32-2/h4-15,18H,16-17H2,1-3H3,(H,27,29)/t18-/m0/s1. The molecule has 0 aliphatic rings. The van der Waals surface area contributed by atoms with E-state index in [9.17, 15) is 13.2 Å². The Kier molecular flexibility index (Phi) is 8.00. The van der Waals surface area contributed by atoms with Crippen LogP contribution in [0.15, 0.2) is 72.8 Å². The van der Waals surface area contributed by atoms with Crippen molar-refractivity contribution in [3.63, 3.8) is 0 Å². The molecule has 0 heterocycles. The number of halogens is 1. The molecule has 0 radical (unpaired) electrons. The third kappa shape index (κ3) is 6.49. The fraction of sp³-hybridized carbons (Fsp3) is 0.240. The van der Waals surface area contributed by atoms with E-state index in [0.29, 0.717) is 28.6 Å². The van der Waals surface area contributed by atoms with Crippen molar-refractivity contribution < 1.29 is 17.9 Å². The summed E-state index contributed by atoms with van der Waals surface area (Å²) in [7, 11) is -2.15. The predicted octanol–water partition coefficient (Wildman–Crippen LogP) is 4.85. The number of methoxy groups -OCH3 is 1. The van der Waals surface area contributed by atoms with Crippen LogP contribution in [0.2, 0.25) is 5.02 Å². The Hall–Kier alpha value is -3.03. The second-order valence-electron chi connectivity index (χ2n) is 7.80. The number of ether oxygens (including phenoxy) is 1. The number of carbonyl (C=O) groups is 1. The first-order chi connectivity index (χ1) is 15.7. The molecule has 0 saturated carbocycles. The van der Waals surface area contributed by atoms with Gasteiger partial charge in [-0.15, -0.1) is 0 Å². The second-order valence-corrected chi connectivity index (χ2v) is 10.1. The molecule has 0 fully saturated rings. The Morgan fingerprint density at radius 1 is 1.06 bits per heavy atom. The van der Waals surface area contributed by atoms with Gasteiger partial charge in [-0.05, 0) is 47.4 Å². The average Bonchev–Trinajstić information content (AvgIpc) is 2.81. The number of benzene rings is 3. The van der Waals surface area contributed by atoms with E-state index in [1.165, 1.54) is 11.4 Å². The molecule has 0 spiro atoms. The van der Waals surface area contributed by atoms with Crippen LogP contribution in [-0.2, 0) is 16.6 Å². The molecule has 0 aliphatic carbocycles. The van der Waals surface area contributed by atoms with Crippen LogP contribution in [0.5, 0.6) is 5.75 Å². The molecule has 0 aromatic heterocycles. The van der Waals surface area contributed by atoms with Crippen molar-refractivity contribution >= 4 is 33.2 Å². The first-order valence-electron chi connectivity index (χ1n) is 10.4. The molecule has 0 aliphatic heterocycles. The molecule has 3 aromatic carbocycles. The molecule has 3 aromatic rings. The molecule has 0 unspecified atom stereocenters. The first-order valence-corrected chi connectivity index (χ1v) is 12.6. The molecule has 6 nitrogen and oxygen atoms in total. The maximum Gasteiger partial charge on any atom is 0.251 e. The zero-order chi connectivity index (χ0) is 24.0. The zero-order valence-electron chi connectivity index (χ0n) is 18.8. The van der Waals surface area contributed by atoms with Crippen molar-refractivity contribution in [3.05, 3.63) is 94.5 Å². The summed E-state index contributed by atoms with van der Waals surface area (Å²) in [5.41, 5.74) is 2.73. The Morgan fingerprint density at radius 3 is 2.33 bits per heavy atom. The lowest BCUT2D eigenvalue weighted by Crippen LogP contribution is -2.30. The van der Waals surface area contributed by atoms with Crippen molar-refractivity contribution in [3.8, 4) is 5.75 Å². The van der Waals surface area contributed by atoms with E-state index in [-0.39, 0.29) is 18.4 Å². The van der Waals surface area contributed by atoms with Crippen LogP contribution in [0, 0.1) is 0 Å². The number of rotatable bonds is 9. The molecule has 8 heteroatoms. The molecule has 1 atom stereocenters. The number of hydrogen-bond donors (Lipinski definition) is 1. The highest BCUT2D eigenvalue weighted by Gasteiger charge is 2.22. The molecule has 174 valence electrons. The molecule has 33 heavy (non-hydrogen) atoms. The molecule has 1 amide bonds. The minimum absolute atomic E-state index is 0.0719. The summed E-state index contributed by atoms with van der Waals surface area (Å²) >= 11 is 6.10. The largest absolute Gasteiger partial charge is 0.495 e. The van der Waals surface area contributed by atoms with Gasteiger partial charge in [0.15, 0.2) is 0 Å². The maximum atomic E-state index is 12.6. The molecular weight excluding hydrogens is 460 g/mol. The maximum absolute atomic E-state index is 12.6. The number of nitrogens with one attached hydrogen (secondary N) is 1. The summed E-state index contributed by atoms with van der Waals surface area (Å²) in [4.78, 5) is 12.6. The summed E-state index contributed by atoms with van der Waals surface area (Å²) in [5.74, 6) is 0.402. The molecular formula is C25H27ClN2O4S. The quantitative estimate of drug-likeness (QED) is 0.469. The van der Waals surface area contributed by atoms with Gasteiger partial charge in [0.2, 0.25) is 10.0 Å². The highest BCUT2D eigenvalue weighted by atomic mass is 35.5. The number of carbonyl (C=O) groups excluding carboxylic acids is 1. The van der Waals surface area contributed by atoms with Crippen LogP contribution in [0.4, 0.5) is 5.69 Å². The number of sulfonamides is 1. The monoisotopic (exact) mass is 486 g/mol. The van der Waals surface area contributed by atoms with Crippen molar-refractivity contribution in [1.29, 1.82) is 0 Å². The fourth-order valence-corrected chi connectivity index (χ4v) is 4.46. The summed E-state index contributed by atoms with van der Waals surface area (Å²) in [6.07, 6.45) is 1.13. The van der Waals surface area contributed by atoms with Gasteiger partial charge in [-0.1, -0.05) is 61.0 Å². The topological polar surface area (TPSA) is 75.7 Å². The summed E-state index contributed by atoms with van der Waals surface area (Å²) in [6.45, 7) is 2.64. The Morgan fingerprint density at radius 2 is 1.73 bits per heavy atom. The summed E-state index contributed by atoms with van der Waals surface area (Å²) < 4.78 is 31.6. The van der Waals surface area contributed by atoms with Gasteiger partial charge in [-0.25, -0.2) is 8.42 Å². The van der Waals surface area contributed by atoms with Crippen molar-refractivity contribution in [1.82, 2.24) is 5.32 Å². The van der Waals surface area contributed by atoms with E-state index in [4.69, 9.17) is 16.3 Å². The van der Waals surface area contributed by atoms with Gasteiger partial charge in [0.25, 0.3) is 5.91 Å². The van der Waals surface area contributed by atoms with Crippen LogP contribution in [-0.4, -0.2) is 34.2 Å². The molecule has 3 rings (SSSR count). The zero-order valence-corrected chi connectivity index (χ0v) is 20.4. The predicted molar refractivity (Wildman–Crippen MR) is 133 cm³/mol. The lowest BCUT2D eigenvalue weighted by Gasteiger charge is -2.24. The van der Waals surface area contributed by atoms with Crippen molar-refractivity contribution in [2.45, 2.75) is 19.4 Å². The number of amides is 1. The highest BCUT2D eigenvalue weighted by Crippen LogP contribution is 2.33. The fourth-order valence-electron chi connectivity index (χ4n) is 3.41. The van der Waals surface area contributed by atoms with Crippen LogP contribution >= 0.6 is 11.6 Å². The van der Waals surface area contributed by atoms with Crippen LogP contribution in [0.25, 0.3) is 0 Å². The van der Waals surface area contributed by atoms with Crippen LogP contribution in [0.3, 0.4) is 0 Å². The van der Waals surface area contributed by atoms with Gasteiger partial charge < -0.3 is 10.1 Å². The summed E-state index contributed by atoms with van der Waals surface area (Å²) in [5, 5.41) is 3.35. The number of hydrogen-bond acceptors (Lipinski definition) is 4. The molecule has 1 N–H and O–H groups in total. The summed E-state index contributed by atoms with van der Waals surface area (Å²) in [6, 6.07) is 21.7. The van der Waals surface area contributed by atoms with Gasteiger partial charge in [-0.2, -0.15) is 0 Å². The van der Waals surface area contributed by atoms with Gasteiger partial charge in [0.1, 0.15) is 5.75 Å². The third-order valence-electron chi connectivity index (χ3n) is 5.29. The normalized spacial score (nSPS) is 12.1. The van der Waals surface area contributed by atoms with E-state index < -0.39 is 10.0 Å². The van der Waals surface area contributed by atoms with Crippen molar-refractivity contribution in [2.24, 2.45) is 0 Å². The smallest absolute Gasteiger partial charge is 0.251 e. The Bertz CT molecular complexity index is 1200. The SMILES string of the molecule is COc1ccc(Cl)cc1N(Cc1ccc(C(=O)NC[C@H](C)c2ccccc2)cc1)S(C)(=O)=O. The second kappa shape index (κ2) is 10.7. The van der Waals surface area contributed by atoms with Gasteiger partial charge in [0, 0.05) is 17.1 Å². The van der Waals surface area contributed by atoms with E-state index in [1.807, 2.05) is 30.3 Å². The lowest BCUT2D eigenvalue weighted by molar-refractivity contribution is 0.0951. The average molecular weight is 487 g/mol. The first kappa shape index (κ1) is 24.6. The van der Waals surface area contributed by atoms with Gasteiger partial charge >= 0.3 is 0 Å². The highest BCUT2D eigenvalue weighted by molar-refractivity contribution is 7.92. The van der Waals surface area contributed by atoms with E-state index >= 15 is 0 Å². The Balaban J connectivity index is 1.72. The number of nitrogens with zero attached hydrogens (tertiary/aromatic N) is 1. The third-order valence-corrected chi connectivity index (χ3v) is 6.65. The molecule has 0 bridgehead atoms. The molecule has 0 saturated heterocycles. The van der Waals surface area contributed by atoms with E-state index in [0.717, 1.165) is 17.4 Å². The van der Waals surface area contributed by atoms with Crippen LogP contribution in [0.1, 0.15) is 34.3 Å². The lowest BCUT2D eigenvalue weighted by atomic mass is 10.0.